The van der Waals surface area contributed by atoms with Crippen molar-refractivity contribution in [1.29, 1.82) is 0 Å². The SMILES string of the molecule is CCOc1cccc(Nc2nc(F)nc3c2ncn3C2CCCO2)c1. The second kappa shape index (κ2) is 6.64. The van der Waals surface area contributed by atoms with Gasteiger partial charge in [-0.25, -0.2) is 4.98 Å². The molecule has 7 nitrogen and oxygen atoms in total. The van der Waals surface area contributed by atoms with E-state index in [2.05, 4.69) is 20.3 Å². The van der Waals surface area contributed by atoms with Crippen molar-refractivity contribution in [3.05, 3.63) is 36.7 Å². The molecule has 130 valence electrons. The van der Waals surface area contributed by atoms with Crippen LogP contribution in [-0.2, 0) is 4.74 Å². The summed E-state index contributed by atoms with van der Waals surface area (Å²) in [4.78, 5) is 12.1. The molecule has 0 amide bonds. The molecule has 0 aliphatic carbocycles. The summed E-state index contributed by atoms with van der Waals surface area (Å²) in [6.45, 7) is 3.18. The zero-order valence-electron chi connectivity index (χ0n) is 13.8. The highest BCUT2D eigenvalue weighted by atomic mass is 19.1. The third-order valence-electron chi connectivity index (χ3n) is 4.02. The van der Waals surface area contributed by atoms with Crippen LogP contribution >= 0.6 is 0 Å². The molecular weight excluding hydrogens is 325 g/mol. The van der Waals surface area contributed by atoms with Gasteiger partial charge in [0.25, 0.3) is 0 Å². The summed E-state index contributed by atoms with van der Waals surface area (Å²) in [7, 11) is 0. The lowest BCUT2D eigenvalue weighted by molar-refractivity contribution is 0.0592. The summed E-state index contributed by atoms with van der Waals surface area (Å²) >= 11 is 0. The minimum absolute atomic E-state index is 0.159. The molecule has 8 heteroatoms. The molecule has 1 atom stereocenters. The molecule has 0 bridgehead atoms. The molecule has 3 heterocycles. The van der Waals surface area contributed by atoms with E-state index < -0.39 is 6.08 Å². The normalized spacial score (nSPS) is 17.1. The summed E-state index contributed by atoms with van der Waals surface area (Å²) < 4.78 is 26.9. The number of anilines is 2. The monoisotopic (exact) mass is 343 g/mol. The maximum absolute atomic E-state index is 14.0. The zero-order chi connectivity index (χ0) is 17.2. The Labute approximate surface area is 143 Å². The highest BCUT2D eigenvalue weighted by Crippen LogP contribution is 2.29. The first kappa shape index (κ1) is 15.8. The van der Waals surface area contributed by atoms with E-state index in [9.17, 15) is 4.39 Å². The number of hydrogen-bond acceptors (Lipinski definition) is 6. The lowest BCUT2D eigenvalue weighted by Gasteiger charge is -2.12. The summed E-state index contributed by atoms with van der Waals surface area (Å²) in [6.07, 6.45) is 2.48. The van der Waals surface area contributed by atoms with Crippen molar-refractivity contribution >= 4 is 22.7 Å². The molecule has 1 aliphatic heterocycles. The predicted molar refractivity (Wildman–Crippen MR) is 90.4 cm³/mol. The quantitative estimate of drug-likeness (QED) is 0.716. The summed E-state index contributed by atoms with van der Waals surface area (Å²) in [5, 5.41) is 3.10. The molecule has 25 heavy (non-hydrogen) atoms. The molecule has 0 spiro atoms. The van der Waals surface area contributed by atoms with E-state index in [1.165, 1.54) is 0 Å². The molecule has 1 unspecified atom stereocenters. The molecule has 1 saturated heterocycles. The number of halogens is 1. The smallest absolute Gasteiger partial charge is 0.312 e. The maximum Gasteiger partial charge on any atom is 0.312 e. The van der Waals surface area contributed by atoms with Crippen LogP contribution in [-0.4, -0.2) is 32.7 Å². The topological polar surface area (TPSA) is 74.1 Å². The van der Waals surface area contributed by atoms with Crippen molar-refractivity contribution in [3.63, 3.8) is 0 Å². The largest absolute Gasteiger partial charge is 0.494 e. The van der Waals surface area contributed by atoms with Crippen molar-refractivity contribution in [2.24, 2.45) is 0 Å². The first-order valence-corrected chi connectivity index (χ1v) is 8.26. The van der Waals surface area contributed by atoms with E-state index >= 15 is 0 Å². The van der Waals surface area contributed by atoms with Crippen LogP contribution in [0.1, 0.15) is 26.0 Å². The van der Waals surface area contributed by atoms with Gasteiger partial charge < -0.3 is 14.8 Å². The van der Waals surface area contributed by atoms with Gasteiger partial charge in [0, 0.05) is 18.4 Å². The standard InChI is InChI=1S/C17H18FN5O2/c1-2-24-12-6-3-5-11(9-12)20-15-14-16(22-17(18)21-15)23(10-19-14)13-7-4-8-25-13/h3,5-6,9-10,13H,2,4,7-8H2,1H3,(H,20,21,22). The first-order chi connectivity index (χ1) is 12.2. The van der Waals surface area contributed by atoms with E-state index in [0.717, 1.165) is 24.3 Å². The number of rotatable bonds is 5. The van der Waals surface area contributed by atoms with Crippen LogP contribution in [0.4, 0.5) is 15.9 Å². The number of ether oxygens (including phenoxy) is 2. The number of benzene rings is 1. The molecule has 2 aromatic heterocycles. The van der Waals surface area contributed by atoms with Crippen molar-refractivity contribution in [2.45, 2.75) is 26.0 Å². The lowest BCUT2D eigenvalue weighted by Crippen LogP contribution is -2.08. The van der Waals surface area contributed by atoms with Gasteiger partial charge in [-0.1, -0.05) is 6.07 Å². The van der Waals surface area contributed by atoms with Gasteiger partial charge >= 0.3 is 6.08 Å². The molecule has 4 rings (SSSR count). The van der Waals surface area contributed by atoms with Crippen LogP contribution in [0.15, 0.2) is 30.6 Å². The lowest BCUT2D eigenvalue weighted by atomic mass is 10.3. The molecule has 1 aliphatic rings. The molecular formula is C17H18FN5O2. The fraction of sp³-hybridized carbons (Fsp3) is 0.353. The molecule has 1 aromatic carbocycles. The van der Waals surface area contributed by atoms with Crippen molar-refractivity contribution in [3.8, 4) is 5.75 Å². The van der Waals surface area contributed by atoms with E-state index in [0.29, 0.717) is 30.2 Å². The second-order valence-electron chi connectivity index (χ2n) is 5.72. The van der Waals surface area contributed by atoms with Gasteiger partial charge in [0.15, 0.2) is 17.0 Å². The first-order valence-electron chi connectivity index (χ1n) is 8.26. The van der Waals surface area contributed by atoms with Crippen LogP contribution in [0.3, 0.4) is 0 Å². The third-order valence-corrected chi connectivity index (χ3v) is 4.02. The van der Waals surface area contributed by atoms with Gasteiger partial charge in [0.05, 0.1) is 12.9 Å². The minimum Gasteiger partial charge on any atom is -0.494 e. The Morgan fingerprint density at radius 1 is 1.40 bits per heavy atom. The molecule has 1 N–H and O–H groups in total. The van der Waals surface area contributed by atoms with Gasteiger partial charge in [-0.3, -0.25) is 4.57 Å². The zero-order valence-corrected chi connectivity index (χ0v) is 13.8. The van der Waals surface area contributed by atoms with Gasteiger partial charge in [0.1, 0.15) is 12.0 Å². The van der Waals surface area contributed by atoms with Crippen LogP contribution in [0.2, 0.25) is 0 Å². The average Bonchev–Trinajstić information content (AvgIpc) is 3.24. The molecule has 1 fully saturated rings. The van der Waals surface area contributed by atoms with E-state index in [1.54, 1.807) is 10.9 Å². The highest BCUT2D eigenvalue weighted by molar-refractivity contribution is 5.85. The number of hydrogen-bond donors (Lipinski definition) is 1. The average molecular weight is 343 g/mol. The van der Waals surface area contributed by atoms with Gasteiger partial charge in [-0.2, -0.15) is 14.4 Å². The Hall–Kier alpha value is -2.74. The third kappa shape index (κ3) is 3.12. The number of imidazole rings is 1. The second-order valence-corrected chi connectivity index (χ2v) is 5.72. The number of nitrogens with one attached hydrogen (secondary N) is 1. The number of fused-ring (bicyclic) bond motifs is 1. The molecule has 3 aromatic rings. The Morgan fingerprint density at radius 2 is 2.32 bits per heavy atom. The maximum atomic E-state index is 14.0. The van der Waals surface area contributed by atoms with Gasteiger partial charge in [-0.15, -0.1) is 0 Å². The van der Waals surface area contributed by atoms with Gasteiger partial charge in [-0.05, 0) is 31.9 Å². The predicted octanol–water partition coefficient (Wildman–Crippen LogP) is 3.42. The Bertz CT molecular complexity index is 892. The van der Waals surface area contributed by atoms with Crippen molar-refractivity contribution < 1.29 is 13.9 Å². The number of aromatic nitrogens is 4. The fourth-order valence-corrected chi connectivity index (χ4v) is 2.93. The highest BCUT2D eigenvalue weighted by Gasteiger charge is 2.22. The van der Waals surface area contributed by atoms with Crippen molar-refractivity contribution in [2.75, 3.05) is 18.5 Å². The Balaban J connectivity index is 1.71. The number of nitrogens with zero attached hydrogens (tertiary/aromatic N) is 4. The van der Waals surface area contributed by atoms with Gasteiger partial charge in [0.2, 0.25) is 0 Å². The Morgan fingerprint density at radius 3 is 3.12 bits per heavy atom. The minimum atomic E-state index is -0.810. The Kier molecular flexibility index (Phi) is 4.19. The molecule has 0 radical (unpaired) electrons. The summed E-state index contributed by atoms with van der Waals surface area (Å²) in [6, 6.07) is 7.39. The van der Waals surface area contributed by atoms with E-state index in [-0.39, 0.29) is 6.23 Å². The molecule has 0 saturated carbocycles. The fourth-order valence-electron chi connectivity index (χ4n) is 2.93. The van der Waals surface area contributed by atoms with Crippen LogP contribution in [0, 0.1) is 6.08 Å². The van der Waals surface area contributed by atoms with Crippen LogP contribution < -0.4 is 10.1 Å². The van der Waals surface area contributed by atoms with E-state index in [4.69, 9.17) is 9.47 Å². The summed E-state index contributed by atoms with van der Waals surface area (Å²) in [5.41, 5.74) is 1.65. The summed E-state index contributed by atoms with van der Waals surface area (Å²) in [5.74, 6) is 1.04. The van der Waals surface area contributed by atoms with Crippen molar-refractivity contribution in [1.82, 2.24) is 19.5 Å². The van der Waals surface area contributed by atoms with Crippen LogP contribution in [0.5, 0.6) is 5.75 Å². The van der Waals surface area contributed by atoms with Crippen LogP contribution in [0.25, 0.3) is 11.2 Å². The van der Waals surface area contributed by atoms with E-state index in [1.807, 2.05) is 31.2 Å².